The molecule has 2 aromatic rings. The summed E-state index contributed by atoms with van der Waals surface area (Å²) in [6.07, 6.45) is 0.814. The molecule has 5 N–H and O–H groups in total. The molecule has 4 rings (SSSR count). The van der Waals surface area contributed by atoms with Crippen molar-refractivity contribution in [1.82, 2.24) is 20.2 Å². The van der Waals surface area contributed by atoms with E-state index in [0.29, 0.717) is 28.4 Å². The summed E-state index contributed by atoms with van der Waals surface area (Å²) in [7, 11) is 1.26. The summed E-state index contributed by atoms with van der Waals surface area (Å²) >= 11 is 3.35. The lowest BCUT2D eigenvalue weighted by molar-refractivity contribution is -0.155. The monoisotopic (exact) mass is 552 g/mol. The molecule has 2 amide bonds. The van der Waals surface area contributed by atoms with E-state index < -0.39 is 35.8 Å². The van der Waals surface area contributed by atoms with Gasteiger partial charge in [0.2, 0.25) is 0 Å². The number of carbonyl (C=O) groups excluding carboxylic acids is 2. The van der Waals surface area contributed by atoms with Crippen LogP contribution >= 0.6 is 34.4 Å². The number of amides is 2. The molecular weight excluding hydrogens is 532 g/mol. The highest BCUT2D eigenvalue weighted by Crippen LogP contribution is 2.39. The molecule has 16 heteroatoms. The Kier molecular flexibility index (Phi) is 7.28. The Labute approximate surface area is 216 Å². The molecule has 0 radical (unpaired) electrons. The van der Waals surface area contributed by atoms with Crippen LogP contribution in [0, 0.1) is 6.92 Å². The van der Waals surface area contributed by atoms with Gasteiger partial charge in [0.25, 0.3) is 11.8 Å². The molecule has 0 saturated carbocycles. The van der Waals surface area contributed by atoms with Gasteiger partial charge in [0.1, 0.15) is 29.4 Å². The number of carbonyl (C=O) groups is 4. The Hall–Kier alpha value is -3.50. The van der Waals surface area contributed by atoms with E-state index in [1.807, 2.05) is 0 Å². The number of nitrogens with zero attached hydrogens (tertiary/aromatic N) is 4. The number of nitrogen functional groups attached to an aromatic ring is 1. The van der Waals surface area contributed by atoms with Gasteiger partial charge in [0.05, 0.1) is 11.7 Å². The van der Waals surface area contributed by atoms with Gasteiger partial charge in [-0.25, -0.2) is 19.6 Å². The summed E-state index contributed by atoms with van der Waals surface area (Å²) in [5.41, 5.74) is 6.46. The maximum absolute atomic E-state index is 12.9. The van der Waals surface area contributed by atoms with Crippen LogP contribution in [0.2, 0.25) is 0 Å². The molecule has 13 nitrogen and oxygen atoms in total. The van der Waals surface area contributed by atoms with E-state index >= 15 is 0 Å². The first kappa shape index (κ1) is 25.6. The van der Waals surface area contributed by atoms with Gasteiger partial charge in [-0.3, -0.25) is 14.5 Å². The van der Waals surface area contributed by atoms with Gasteiger partial charge in [-0.05, 0) is 25.3 Å². The van der Waals surface area contributed by atoms with Crippen molar-refractivity contribution < 1.29 is 34.2 Å². The molecule has 4 heterocycles. The number of thiazole rings is 2. The number of oxime groups is 1. The van der Waals surface area contributed by atoms with Crippen molar-refractivity contribution in [3.05, 3.63) is 32.9 Å². The molecule has 1 fully saturated rings. The van der Waals surface area contributed by atoms with E-state index in [9.17, 15) is 29.4 Å². The summed E-state index contributed by atoms with van der Waals surface area (Å²) in [6, 6.07) is -1.47. The number of fused-ring (bicyclic) bond motifs is 1. The van der Waals surface area contributed by atoms with Gasteiger partial charge in [-0.2, -0.15) is 0 Å². The Bertz CT molecular complexity index is 1320. The van der Waals surface area contributed by atoms with Crippen LogP contribution in [0.1, 0.15) is 33.9 Å². The Morgan fingerprint density at radius 3 is 2.67 bits per heavy atom. The summed E-state index contributed by atoms with van der Waals surface area (Å²) in [6.45, 7) is 1.59. The van der Waals surface area contributed by atoms with Crippen LogP contribution in [-0.4, -0.2) is 79.5 Å². The maximum atomic E-state index is 12.9. The molecule has 2 aliphatic rings. The number of aromatic carboxylic acids is 1. The summed E-state index contributed by atoms with van der Waals surface area (Å²) < 4.78 is 0.497. The van der Waals surface area contributed by atoms with Crippen molar-refractivity contribution >= 4 is 69.0 Å². The van der Waals surface area contributed by atoms with Crippen molar-refractivity contribution in [2.75, 3.05) is 18.6 Å². The van der Waals surface area contributed by atoms with Crippen LogP contribution in [0.3, 0.4) is 0 Å². The first-order valence-corrected chi connectivity index (χ1v) is 13.1. The number of nitrogens with two attached hydrogens (primary N) is 1. The summed E-state index contributed by atoms with van der Waals surface area (Å²) in [5.74, 6) is -3.35. The highest BCUT2D eigenvalue weighted by molar-refractivity contribution is 8.01. The minimum absolute atomic E-state index is 0.126. The van der Waals surface area contributed by atoms with Crippen LogP contribution < -0.4 is 11.1 Å². The topological polar surface area (TPSA) is 197 Å². The number of β-lactam (4-membered cyclic amide) rings is 1. The number of anilines is 1. The van der Waals surface area contributed by atoms with E-state index in [1.165, 1.54) is 29.2 Å². The molecular formula is C20H20N6O7S3. The third-order valence-corrected chi connectivity index (χ3v) is 8.58. The van der Waals surface area contributed by atoms with Crippen LogP contribution in [-0.2, 0) is 19.2 Å². The third kappa shape index (κ3) is 4.78. The quantitative estimate of drug-likeness (QED) is 0.151. The molecule has 0 aliphatic carbocycles. The van der Waals surface area contributed by atoms with Crippen molar-refractivity contribution in [3.63, 3.8) is 0 Å². The van der Waals surface area contributed by atoms with Gasteiger partial charge in [-0.15, -0.1) is 22.7 Å². The molecule has 2 aliphatic heterocycles. The van der Waals surface area contributed by atoms with E-state index in [1.54, 1.807) is 6.92 Å². The molecule has 1 saturated heterocycles. The second kappa shape index (κ2) is 10.2. The van der Waals surface area contributed by atoms with E-state index in [4.69, 9.17) is 10.6 Å². The van der Waals surface area contributed by atoms with Crippen molar-refractivity contribution in [1.29, 1.82) is 0 Å². The van der Waals surface area contributed by atoms with Crippen molar-refractivity contribution in [2.45, 2.75) is 36.2 Å². The van der Waals surface area contributed by atoms with Crippen molar-refractivity contribution in [3.8, 4) is 0 Å². The summed E-state index contributed by atoms with van der Waals surface area (Å²) in [5, 5.41) is 27.1. The maximum Gasteiger partial charge on any atom is 0.352 e. The number of hydrogen-bond acceptors (Lipinski definition) is 12. The number of carboxylic acids is 2. The number of thioether (sulfide) groups is 1. The SMILES string of the molecule is CO/N=C(/C(=O)N[C@@H]1C(=O)N2C(C(=O)O)=C(CSc3nc(C)c(C(=O)O)s3)CC[C@H]12)c1csc(N)n1. The lowest BCUT2D eigenvalue weighted by Crippen LogP contribution is -2.72. The van der Waals surface area contributed by atoms with E-state index in [2.05, 4.69) is 20.4 Å². The zero-order chi connectivity index (χ0) is 26.1. The molecule has 0 bridgehead atoms. The highest BCUT2D eigenvalue weighted by atomic mass is 32.2. The number of nitrogens with one attached hydrogen (secondary N) is 1. The number of hydrogen-bond donors (Lipinski definition) is 4. The Morgan fingerprint density at radius 1 is 1.33 bits per heavy atom. The van der Waals surface area contributed by atoms with Crippen molar-refractivity contribution in [2.24, 2.45) is 5.16 Å². The second-order valence-corrected chi connectivity index (χ2v) is 10.8. The fraction of sp³-hybridized carbons (Fsp3) is 0.350. The van der Waals surface area contributed by atoms with E-state index in [-0.39, 0.29) is 32.9 Å². The minimum Gasteiger partial charge on any atom is -0.477 e. The second-order valence-electron chi connectivity index (χ2n) is 7.70. The van der Waals surface area contributed by atoms with Crippen LogP contribution in [0.15, 0.2) is 26.1 Å². The molecule has 190 valence electrons. The molecule has 0 unspecified atom stereocenters. The zero-order valence-corrected chi connectivity index (χ0v) is 21.3. The predicted molar refractivity (Wildman–Crippen MR) is 131 cm³/mol. The van der Waals surface area contributed by atoms with Gasteiger partial charge in [0, 0.05) is 11.1 Å². The molecule has 2 atom stereocenters. The van der Waals surface area contributed by atoms with Gasteiger partial charge >= 0.3 is 11.9 Å². The smallest absolute Gasteiger partial charge is 0.352 e. The number of aryl methyl sites for hydroxylation is 1. The van der Waals surface area contributed by atoms with Crippen LogP contribution in [0.5, 0.6) is 0 Å². The lowest BCUT2D eigenvalue weighted by atomic mass is 9.83. The number of aromatic nitrogens is 2. The van der Waals surface area contributed by atoms with Gasteiger partial charge in [-0.1, -0.05) is 16.9 Å². The molecule has 0 spiro atoms. The summed E-state index contributed by atoms with van der Waals surface area (Å²) in [4.78, 5) is 63.4. The van der Waals surface area contributed by atoms with Crippen LogP contribution in [0.25, 0.3) is 0 Å². The largest absolute Gasteiger partial charge is 0.477 e. The fourth-order valence-electron chi connectivity index (χ4n) is 3.96. The van der Waals surface area contributed by atoms with Gasteiger partial charge < -0.3 is 26.1 Å². The normalized spacial score (nSPS) is 19.6. The highest BCUT2D eigenvalue weighted by Gasteiger charge is 2.53. The average Bonchev–Trinajstić information content (AvgIpc) is 3.43. The van der Waals surface area contributed by atoms with Gasteiger partial charge in [0.15, 0.2) is 15.2 Å². The predicted octanol–water partition coefficient (Wildman–Crippen LogP) is 1.16. The number of carboxylic acid groups (broad SMARTS) is 2. The Morgan fingerprint density at radius 2 is 2.08 bits per heavy atom. The third-order valence-electron chi connectivity index (χ3n) is 5.53. The molecule has 0 aromatic carbocycles. The molecule has 2 aromatic heterocycles. The number of rotatable bonds is 9. The average molecular weight is 553 g/mol. The fourth-order valence-corrected chi connectivity index (χ4v) is 6.59. The van der Waals surface area contributed by atoms with E-state index in [0.717, 1.165) is 22.7 Å². The first-order chi connectivity index (χ1) is 17.1. The zero-order valence-electron chi connectivity index (χ0n) is 18.9. The van der Waals surface area contributed by atoms with Crippen LogP contribution in [0.4, 0.5) is 5.13 Å². The minimum atomic E-state index is -1.26. The standard InChI is InChI=1S/C20H20N6O7S3/c1-7-14(18(31)32)36-20(22-7)35-5-8-3-4-10-12(16(28)26(10)13(8)17(29)30)24-15(27)11(25-33-2)9-6-34-19(21)23-9/h6,10,12H,3-5H2,1-2H3,(H2,21,23)(H,24,27)(H,29,30)(H,31,32)/b25-11+/t10-,12+/m1/s1. The molecule has 36 heavy (non-hydrogen) atoms. The first-order valence-electron chi connectivity index (χ1n) is 10.4. The number of aliphatic carboxylic acids is 1. The lowest BCUT2D eigenvalue weighted by Gasteiger charge is -2.50. The Balaban J connectivity index is 1.49.